The third-order valence-corrected chi connectivity index (χ3v) is 2.90. The first-order chi connectivity index (χ1) is 8.75. The van der Waals surface area contributed by atoms with Crippen LogP contribution in [0, 0.1) is 6.92 Å². The summed E-state index contributed by atoms with van der Waals surface area (Å²) in [5, 5.41) is 13.9. The van der Waals surface area contributed by atoms with E-state index in [0.717, 1.165) is 22.5 Å². The van der Waals surface area contributed by atoms with Crippen LogP contribution < -0.4 is 5.73 Å². The summed E-state index contributed by atoms with van der Waals surface area (Å²) in [5.41, 5.74) is 10.8. The second kappa shape index (κ2) is 4.03. The van der Waals surface area contributed by atoms with E-state index < -0.39 is 0 Å². The van der Waals surface area contributed by atoms with Gasteiger partial charge in [-0.2, -0.15) is 10.2 Å². The molecule has 3 rings (SSSR count). The van der Waals surface area contributed by atoms with Crippen LogP contribution in [0.15, 0.2) is 36.5 Å². The Labute approximate surface area is 104 Å². The standard InChI is InChI=1S/C13H13N5/c1-8-2-4-9(5-3-8)11-12(17-18-13(11)14)10-6-7-15-16-10/h2-7H,1H3,(H,15,16)(H3,14,17,18). The predicted octanol–water partition coefficient (Wildman–Crippen LogP) is 2.36. The quantitative estimate of drug-likeness (QED) is 0.642. The lowest BCUT2D eigenvalue weighted by molar-refractivity contribution is 1.06. The fraction of sp³-hybridized carbons (Fsp3) is 0.0769. The maximum atomic E-state index is 5.94. The van der Waals surface area contributed by atoms with E-state index in [2.05, 4.69) is 39.5 Å². The zero-order chi connectivity index (χ0) is 12.5. The molecule has 2 aromatic heterocycles. The fourth-order valence-electron chi connectivity index (χ4n) is 1.96. The van der Waals surface area contributed by atoms with Gasteiger partial charge >= 0.3 is 0 Å². The molecule has 5 nitrogen and oxygen atoms in total. The second-order valence-corrected chi connectivity index (χ2v) is 4.20. The molecule has 18 heavy (non-hydrogen) atoms. The first-order valence-corrected chi connectivity index (χ1v) is 5.66. The lowest BCUT2D eigenvalue weighted by Crippen LogP contribution is -1.89. The minimum Gasteiger partial charge on any atom is -0.382 e. The Balaban J connectivity index is 2.17. The minimum absolute atomic E-state index is 0.489. The van der Waals surface area contributed by atoms with Gasteiger partial charge in [0.15, 0.2) is 5.82 Å². The highest BCUT2D eigenvalue weighted by Gasteiger charge is 2.15. The average Bonchev–Trinajstić information content (AvgIpc) is 2.99. The van der Waals surface area contributed by atoms with Gasteiger partial charge in [0, 0.05) is 6.20 Å². The van der Waals surface area contributed by atoms with Gasteiger partial charge in [-0.3, -0.25) is 10.2 Å². The summed E-state index contributed by atoms with van der Waals surface area (Å²) in [6.45, 7) is 2.05. The summed E-state index contributed by atoms with van der Waals surface area (Å²) in [4.78, 5) is 0. The van der Waals surface area contributed by atoms with Crippen LogP contribution in [0.2, 0.25) is 0 Å². The molecule has 0 radical (unpaired) electrons. The molecule has 0 saturated heterocycles. The van der Waals surface area contributed by atoms with Crippen LogP contribution in [0.3, 0.4) is 0 Å². The lowest BCUT2D eigenvalue weighted by Gasteiger charge is -2.03. The third-order valence-electron chi connectivity index (χ3n) is 2.90. The number of nitrogens with one attached hydrogen (secondary N) is 2. The number of aromatic amines is 2. The van der Waals surface area contributed by atoms with Crippen LogP contribution in [-0.2, 0) is 0 Å². The highest BCUT2D eigenvalue weighted by atomic mass is 15.2. The number of hydrogen-bond acceptors (Lipinski definition) is 3. The minimum atomic E-state index is 0.489. The number of aryl methyl sites for hydroxylation is 1. The Bertz CT molecular complexity index is 649. The Morgan fingerprint density at radius 3 is 2.50 bits per heavy atom. The van der Waals surface area contributed by atoms with Crippen molar-refractivity contribution in [2.75, 3.05) is 5.73 Å². The highest BCUT2D eigenvalue weighted by molar-refractivity contribution is 5.86. The summed E-state index contributed by atoms with van der Waals surface area (Å²) in [5.74, 6) is 0.489. The average molecular weight is 239 g/mol. The molecule has 5 heteroatoms. The van der Waals surface area contributed by atoms with Gasteiger partial charge in [0.05, 0.1) is 17.0 Å². The molecule has 0 aliphatic carbocycles. The zero-order valence-electron chi connectivity index (χ0n) is 9.94. The van der Waals surface area contributed by atoms with E-state index in [1.807, 2.05) is 18.2 Å². The van der Waals surface area contributed by atoms with Crippen molar-refractivity contribution >= 4 is 5.82 Å². The molecule has 3 aromatic rings. The van der Waals surface area contributed by atoms with Crippen LogP contribution in [0.25, 0.3) is 22.5 Å². The van der Waals surface area contributed by atoms with Gasteiger partial charge in [-0.05, 0) is 18.6 Å². The number of H-pyrrole nitrogens is 2. The third kappa shape index (κ3) is 1.66. The molecule has 0 unspecified atom stereocenters. The first-order valence-electron chi connectivity index (χ1n) is 5.66. The summed E-state index contributed by atoms with van der Waals surface area (Å²) in [6, 6.07) is 10.1. The number of rotatable bonds is 2. The first kappa shape index (κ1) is 10.6. The van der Waals surface area contributed by atoms with Crippen molar-refractivity contribution in [3.63, 3.8) is 0 Å². The normalized spacial score (nSPS) is 10.7. The molecule has 0 spiro atoms. The molecule has 0 amide bonds. The molecule has 0 saturated carbocycles. The maximum absolute atomic E-state index is 5.94. The van der Waals surface area contributed by atoms with Gasteiger partial charge in [-0.15, -0.1) is 0 Å². The molecular weight excluding hydrogens is 226 g/mol. The summed E-state index contributed by atoms with van der Waals surface area (Å²) in [7, 11) is 0. The molecule has 1 aromatic carbocycles. The van der Waals surface area contributed by atoms with E-state index in [4.69, 9.17) is 5.73 Å². The molecule has 0 aliphatic rings. The van der Waals surface area contributed by atoms with Crippen molar-refractivity contribution in [2.24, 2.45) is 0 Å². The zero-order valence-corrected chi connectivity index (χ0v) is 9.94. The van der Waals surface area contributed by atoms with Crippen molar-refractivity contribution in [3.8, 4) is 22.5 Å². The SMILES string of the molecule is Cc1ccc(-c2c(N)n[nH]c2-c2ccn[nH]2)cc1. The number of nitrogens with zero attached hydrogens (tertiary/aromatic N) is 2. The van der Waals surface area contributed by atoms with Crippen LogP contribution in [0.5, 0.6) is 0 Å². The van der Waals surface area contributed by atoms with Gasteiger partial charge in [-0.1, -0.05) is 29.8 Å². The molecule has 2 heterocycles. The molecule has 90 valence electrons. The van der Waals surface area contributed by atoms with E-state index in [1.54, 1.807) is 6.20 Å². The van der Waals surface area contributed by atoms with Gasteiger partial charge in [-0.25, -0.2) is 0 Å². The van der Waals surface area contributed by atoms with Crippen molar-refractivity contribution in [1.29, 1.82) is 0 Å². The van der Waals surface area contributed by atoms with E-state index >= 15 is 0 Å². The monoisotopic (exact) mass is 239 g/mol. The molecule has 0 aliphatic heterocycles. The van der Waals surface area contributed by atoms with Crippen LogP contribution in [-0.4, -0.2) is 20.4 Å². The summed E-state index contributed by atoms with van der Waals surface area (Å²) >= 11 is 0. The van der Waals surface area contributed by atoms with Crippen LogP contribution in [0.4, 0.5) is 5.82 Å². The Morgan fingerprint density at radius 1 is 1.06 bits per heavy atom. The smallest absolute Gasteiger partial charge is 0.153 e. The van der Waals surface area contributed by atoms with E-state index in [0.29, 0.717) is 5.82 Å². The molecule has 0 atom stereocenters. The summed E-state index contributed by atoms with van der Waals surface area (Å²) in [6.07, 6.45) is 1.70. The molecule has 0 bridgehead atoms. The molecule has 0 fully saturated rings. The van der Waals surface area contributed by atoms with E-state index in [-0.39, 0.29) is 0 Å². The molecular formula is C13H13N5. The van der Waals surface area contributed by atoms with Gasteiger partial charge in [0.1, 0.15) is 0 Å². The van der Waals surface area contributed by atoms with E-state index in [1.165, 1.54) is 5.56 Å². The number of aromatic nitrogens is 4. The topological polar surface area (TPSA) is 83.4 Å². The van der Waals surface area contributed by atoms with Crippen molar-refractivity contribution < 1.29 is 0 Å². The number of hydrogen-bond donors (Lipinski definition) is 3. The Kier molecular flexibility index (Phi) is 2.37. The summed E-state index contributed by atoms with van der Waals surface area (Å²) < 4.78 is 0. The Hall–Kier alpha value is -2.56. The lowest BCUT2D eigenvalue weighted by atomic mass is 10.0. The van der Waals surface area contributed by atoms with Gasteiger partial charge in [0.25, 0.3) is 0 Å². The second-order valence-electron chi connectivity index (χ2n) is 4.20. The van der Waals surface area contributed by atoms with Crippen LogP contribution >= 0.6 is 0 Å². The highest BCUT2D eigenvalue weighted by Crippen LogP contribution is 2.33. The number of nitrogens with two attached hydrogens (primary N) is 1. The van der Waals surface area contributed by atoms with Crippen LogP contribution in [0.1, 0.15) is 5.56 Å². The number of nitrogen functional groups attached to an aromatic ring is 1. The fourth-order valence-corrected chi connectivity index (χ4v) is 1.96. The number of benzene rings is 1. The molecule has 4 N–H and O–H groups in total. The predicted molar refractivity (Wildman–Crippen MR) is 70.8 cm³/mol. The van der Waals surface area contributed by atoms with Gasteiger partial charge in [0.2, 0.25) is 0 Å². The van der Waals surface area contributed by atoms with Gasteiger partial charge < -0.3 is 5.73 Å². The van der Waals surface area contributed by atoms with Crippen molar-refractivity contribution in [3.05, 3.63) is 42.1 Å². The van der Waals surface area contributed by atoms with Crippen molar-refractivity contribution in [1.82, 2.24) is 20.4 Å². The Morgan fingerprint density at radius 2 is 1.83 bits per heavy atom. The largest absolute Gasteiger partial charge is 0.382 e. The van der Waals surface area contributed by atoms with Crippen molar-refractivity contribution in [2.45, 2.75) is 6.92 Å². The maximum Gasteiger partial charge on any atom is 0.153 e. The number of anilines is 1. The van der Waals surface area contributed by atoms with E-state index in [9.17, 15) is 0 Å².